The Labute approximate surface area is 200 Å². The fraction of sp³-hybridized carbons (Fsp3) is 0.583. The number of ether oxygens (including phenoxy) is 1. The largest absolute Gasteiger partial charge is 0.508 e. The Hall–Kier alpha value is -3.30. The third-order valence-electron chi connectivity index (χ3n) is 5.56. The van der Waals surface area contributed by atoms with E-state index in [-0.39, 0.29) is 17.4 Å². The smallest absolute Gasteiger partial charge is 0.408 e. The lowest BCUT2D eigenvalue weighted by Crippen LogP contribution is -2.53. The molecule has 1 aromatic carbocycles. The van der Waals surface area contributed by atoms with Crippen LogP contribution >= 0.6 is 0 Å². The predicted molar refractivity (Wildman–Crippen MR) is 126 cm³/mol. The van der Waals surface area contributed by atoms with E-state index in [1.54, 1.807) is 39.0 Å². The SMILES string of the molecule is CN(C(=O)C(CC(N)=O)NC(=O)OC(C)(C)C)C(C(=O)NC1CCCCC1)c1ccccc1O. The molecular weight excluding hydrogens is 440 g/mol. The van der Waals surface area contributed by atoms with Crippen molar-refractivity contribution < 1.29 is 29.0 Å². The van der Waals surface area contributed by atoms with Gasteiger partial charge in [0.15, 0.2) is 0 Å². The normalized spacial score (nSPS) is 16.1. The number of para-hydroxylation sites is 1. The molecule has 0 aliphatic heterocycles. The topological polar surface area (TPSA) is 151 Å². The third-order valence-corrected chi connectivity index (χ3v) is 5.56. The minimum atomic E-state index is -1.35. The summed E-state index contributed by atoms with van der Waals surface area (Å²) in [4.78, 5) is 51.8. The molecule has 10 heteroatoms. The zero-order valence-corrected chi connectivity index (χ0v) is 20.3. The highest BCUT2D eigenvalue weighted by atomic mass is 16.6. The lowest BCUT2D eigenvalue weighted by molar-refractivity contribution is -0.142. The molecule has 5 N–H and O–H groups in total. The summed E-state index contributed by atoms with van der Waals surface area (Å²) in [6.45, 7) is 4.98. The molecule has 0 aromatic heterocycles. The molecule has 10 nitrogen and oxygen atoms in total. The number of nitrogens with zero attached hydrogens (tertiary/aromatic N) is 1. The Kier molecular flexibility index (Phi) is 9.28. The van der Waals surface area contributed by atoms with Crippen molar-refractivity contribution in [3.63, 3.8) is 0 Å². The first-order valence-corrected chi connectivity index (χ1v) is 11.5. The first kappa shape index (κ1) is 26.9. The molecule has 1 fully saturated rings. The van der Waals surface area contributed by atoms with Crippen molar-refractivity contribution in [2.24, 2.45) is 5.73 Å². The molecule has 0 spiro atoms. The summed E-state index contributed by atoms with van der Waals surface area (Å²) in [5.41, 5.74) is 4.71. The molecule has 0 saturated heterocycles. The lowest BCUT2D eigenvalue weighted by atomic mass is 9.94. The average Bonchev–Trinajstić information content (AvgIpc) is 2.73. The number of rotatable bonds is 8. The Bertz CT molecular complexity index is 892. The van der Waals surface area contributed by atoms with Gasteiger partial charge < -0.3 is 31.1 Å². The number of aromatic hydroxyl groups is 1. The second kappa shape index (κ2) is 11.7. The zero-order chi connectivity index (χ0) is 25.5. The fourth-order valence-electron chi connectivity index (χ4n) is 4.00. The van der Waals surface area contributed by atoms with Crippen LogP contribution in [0.25, 0.3) is 0 Å². The second-order valence-corrected chi connectivity index (χ2v) is 9.62. The second-order valence-electron chi connectivity index (χ2n) is 9.62. The van der Waals surface area contributed by atoms with Crippen LogP contribution in [-0.4, -0.2) is 58.6 Å². The van der Waals surface area contributed by atoms with Gasteiger partial charge in [0, 0.05) is 18.7 Å². The number of hydrogen-bond acceptors (Lipinski definition) is 6. The van der Waals surface area contributed by atoms with Crippen molar-refractivity contribution in [2.75, 3.05) is 7.05 Å². The molecule has 0 bridgehead atoms. The number of amides is 4. The molecule has 0 heterocycles. The highest BCUT2D eigenvalue weighted by Gasteiger charge is 2.36. The van der Waals surface area contributed by atoms with Crippen LogP contribution in [0.2, 0.25) is 0 Å². The van der Waals surface area contributed by atoms with Gasteiger partial charge in [0.2, 0.25) is 17.7 Å². The molecule has 34 heavy (non-hydrogen) atoms. The molecule has 1 aliphatic rings. The van der Waals surface area contributed by atoms with Crippen LogP contribution in [0.4, 0.5) is 4.79 Å². The van der Waals surface area contributed by atoms with Crippen molar-refractivity contribution in [2.45, 2.75) is 83.0 Å². The monoisotopic (exact) mass is 476 g/mol. The lowest BCUT2D eigenvalue weighted by Gasteiger charge is -2.33. The standard InChI is InChI=1S/C24H36N4O6/c1-24(2,3)34-23(33)27-17(14-19(25)30)22(32)28(4)20(16-12-8-9-13-18(16)29)21(31)26-15-10-6-5-7-11-15/h8-9,12-13,15,17,20,29H,5-7,10-11,14H2,1-4H3,(H2,25,30)(H,26,31)(H,27,33). The number of carbonyl (C=O) groups is 4. The first-order valence-electron chi connectivity index (χ1n) is 11.5. The number of nitrogens with one attached hydrogen (secondary N) is 2. The summed E-state index contributed by atoms with van der Waals surface area (Å²) in [5.74, 6) is -2.15. The van der Waals surface area contributed by atoms with Crippen molar-refractivity contribution in [1.82, 2.24) is 15.5 Å². The van der Waals surface area contributed by atoms with Gasteiger partial charge >= 0.3 is 6.09 Å². The van der Waals surface area contributed by atoms with E-state index in [4.69, 9.17) is 10.5 Å². The number of likely N-dealkylation sites (N-methyl/N-ethyl adjacent to an activating group) is 1. The maximum Gasteiger partial charge on any atom is 0.408 e. The maximum atomic E-state index is 13.4. The summed E-state index contributed by atoms with van der Waals surface area (Å²) in [6.07, 6.45) is 3.40. The van der Waals surface area contributed by atoms with Gasteiger partial charge in [-0.05, 0) is 39.7 Å². The van der Waals surface area contributed by atoms with Gasteiger partial charge in [0.1, 0.15) is 23.4 Å². The Balaban J connectivity index is 2.32. The van der Waals surface area contributed by atoms with E-state index >= 15 is 0 Å². The summed E-state index contributed by atoms with van der Waals surface area (Å²) in [6, 6.07) is 3.66. The number of phenolic OH excluding ortho intramolecular Hbond substituents is 1. The number of carbonyl (C=O) groups excluding carboxylic acids is 4. The summed E-state index contributed by atoms with van der Waals surface area (Å²) >= 11 is 0. The molecule has 2 atom stereocenters. The van der Waals surface area contributed by atoms with Gasteiger partial charge in [-0.25, -0.2) is 4.79 Å². The highest BCUT2D eigenvalue weighted by molar-refractivity contribution is 5.94. The molecule has 4 amide bonds. The van der Waals surface area contributed by atoms with E-state index in [9.17, 15) is 24.3 Å². The number of nitrogens with two attached hydrogens (primary N) is 1. The van der Waals surface area contributed by atoms with Crippen molar-refractivity contribution in [1.29, 1.82) is 0 Å². The van der Waals surface area contributed by atoms with Crippen LogP contribution < -0.4 is 16.4 Å². The van der Waals surface area contributed by atoms with Crippen LogP contribution in [0, 0.1) is 0 Å². The van der Waals surface area contributed by atoms with Gasteiger partial charge in [0.25, 0.3) is 0 Å². The number of alkyl carbamates (subject to hydrolysis) is 1. The van der Waals surface area contributed by atoms with Gasteiger partial charge in [-0.15, -0.1) is 0 Å². The van der Waals surface area contributed by atoms with Crippen molar-refractivity contribution in [3.8, 4) is 5.75 Å². The molecule has 0 radical (unpaired) electrons. The van der Waals surface area contributed by atoms with Gasteiger partial charge in [-0.2, -0.15) is 0 Å². The van der Waals surface area contributed by atoms with Crippen molar-refractivity contribution in [3.05, 3.63) is 29.8 Å². The number of phenols is 1. The summed E-state index contributed by atoms with van der Waals surface area (Å²) < 4.78 is 5.20. The predicted octanol–water partition coefficient (Wildman–Crippen LogP) is 2.11. The first-order chi connectivity index (χ1) is 15.9. The van der Waals surface area contributed by atoms with E-state index in [2.05, 4.69) is 10.6 Å². The Morgan fingerprint density at radius 1 is 1.15 bits per heavy atom. The molecule has 188 valence electrons. The number of primary amides is 1. The minimum Gasteiger partial charge on any atom is -0.508 e. The molecule has 1 aliphatic carbocycles. The van der Waals surface area contributed by atoms with E-state index in [0.717, 1.165) is 37.0 Å². The Morgan fingerprint density at radius 3 is 2.32 bits per heavy atom. The van der Waals surface area contributed by atoms with Crippen LogP contribution in [0.5, 0.6) is 5.75 Å². The number of benzene rings is 1. The summed E-state index contributed by atoms with van der Waals surface area (Å²) in [5, 5.41) is 15.8. The van der Waals surface area contributed by atoms with Crippen LogP contribution in [0.3, 0.4) is 0 Å². The van der Waals surface area contributed by atoms with Crippen LogP contribution in [-0.2, 0) is 19.1 Å². The third kappa shape index (κ3) is 7.93. The fourth-order valence-corrected chi connectivity index (χ4v) is 4.00. The van der Waals surface area contributed by atoms with Crippen molar-refractivity contribution >= 4 is 23.8 Å². The molecule has 2 rings (SSSR count). The summed E-state index contributed by atoms with van der Waals surface area (Å²) in [7, 11) is 1.38. The quantitative estimate of drug-likeness (QED) is 0.451. The maximum absolute atomic E-state index is 13.4. The molecule has 1 aromatic rings. The van der Waals surface area contributed by atoms with E-state index in [1.165, 1.54) is 13.1 Å². The zero-order valence-electron chi connectivity index (χ0n) is 20.3. The minimum absolute atomic E-state index is 0.0283. The molecule has 1 saturated carbocycles. The van der Waals surface area contributed by atoms with E-state index in [0.29, 0.717) is 0 Å². The highest BCUT2D eigenvalue weighted by Crippen LogP contribution is 2.29. The number of hydrogen-bond donors (Lipinski definition) is 4. The molecule has 2 unspecified atom stereocenters. The van der Waals surface area contributed by atoms with E-state index in [1.807, 2.05) is 0 Å². The van der Waals surface area contributed by atoms with Crippen LogP contribution in [0.15, 0.2) is 24.3 Å². The Morgan fingerprint density at radius 2 is 1.76 bits per heavy atom. The van der Waals surface area contributed by atoms with Gasteiger partial charge in [-0.1, -0.05) is 37.5 Å². The average molecular weight is 477 g/mol. The van der Waals surface area contributed by atoms with Gasteiger partial charge in [-0.3, -0.25) is 14.4 Å². The van der Waals surface area contributed by atoms with E-state index < -0.39 is 47.9 Å². The molecular formula is C24H36N4O6. The van der Waals surface area contributed by atoms with Gasteiger partial charge in [0.05, 0.1) is 6.42 Å². The van der Waals surface area contributed by atoms with Crippen LogP contribution in [0.1, 0.15) is 70.9 Å².